The molecule has 0 bridgehead atoms. The van der Waals surface area contributed by atoms with Crippen molar-refractivity contribution in [1.29, 1.82) is 0 Å². The highest BCUT2D eigenvalue weighted by Crippen LogP contribution is 2.49. The molecule has 0 atom stereocenters. The van der Waals surface area contributed by atoms with Crippen molar-refractivity contribution >= 4 is 34.0 Å². The maximum absolute atomic E-state index is 11.1. The molecule has 2 aliphatic rings. The third-order valence-electron chi connectivity index (χ3n) is 4.14. The molecule has 1 aromatic rings. The van der Waals surface area contributed by atoms with Crippen molar-refractivity contribution in [3.05, 3.63) is 31.9 Å². The molecule has 1 N–H and O–H groups in total. The Morgan fingerprint density at radius 2 is 1.95 bits per heavy atom. The average Bonchev–Trinajstić information content (AvgIpc) is 3.25. The molecule has 4 nitrogen and oxygen atoms in total. The number of rotatable bonds is 6. The van der Waals surface area contributed by atoms with Gasteiger partial charge >= 0.3 is 0 Å². The van der Waals surface area contributed by atoms with Gasteiger partial charge in [0.15, 0.2) is 0 Å². The van der Waals surface area contributed by atoms with Crippen LogP contribution in [-0.2, 0) is 0 Å². The molecule has 0 heterocycles. The second-order valence-electron chi connectivity index (χ2n) is 5.64. The Labute approximate surface area is 126 Å². The lowest BCUT2D eigenvalue weighted by molar-refractivity contribution is -0.384. The van der Waals surface area contributed by atoms with Gasteiger partial charge in [0, 0.05) is 16.2 Å². The highest BCUT2D eigenvalue weighted by Gasteiger charge is 2.41. The van der Waals surface area contributed by atoms with Crippen LogP contribution in [0.3, 0.4) is 0 Å². The Morgan fingerprint density at radius 3 is 2.47 bits per heavy atom. The monoisotopic (exact) mass is 372 g/mol. The molecule has 19 heavy (non-hydrogen) atoms. The SMILES string of the molecule is O=[N+]([O-])c1cc(I)ccc1NCC(C1CC1)C1CC1. The molecule has 0 saturated heterocycles. The molecule has 1 aromatic carbocycles. The van der Waals surface area contributed by atoms with Gasteiger partial charge in [-0.05, 0) is 78.2 Å². The minimum absolute atomic E-state index is 0.192. The van der Waals surface area contributed by atoms with Crippen LogP contribution in [0.25, 0.3) is 0 Å². The molecular formula is C14H17IN2O2. The number of anilines is 1. The molecule has 102 valence electrons. The fourth-order valence-electron chi connectivity index (χ4n) is 2.80. The summed E-state index contributed by atoms with van der Waals surface area (Å²) < 4.78 is 0.899. The molecule has 0 unspecified atom stereocenters. The van der Waals surface area contributed by atoms with E-state index < -0.39 is 0 Å². The van der Waals surface area contributed by atoms with Crippen LogP contribution in [0.2, 0.25) is 0 Å². The quantitative estimate of drug-likeness (QED) is 0.466. The van der Waals surface area contributed by atoms with Crippen LogP contribution < -0.4 is 5.32 Å². The van der Waals surface area contributed by atoms with Gasteiger partial charge in [0.1, 0.15) is 5.69 Å². The van der Waals surface area contributed by atoms with E-state index in [1.54, 1.807) is 6.07 Å². The lowest BCUT2D eigenvalue weighted by atomic mass is 9.98. The summed E-state index contributed by atoms with van der Waals surface area (Å²) in [6, 6.07) is 5.38. The smallest absolute Gasteiger partial charge is 0.293 e. The van der Waals surface area contributed by atoms with Gasteiger partial charge in [-0.15, -0.1) is 0 Å². The Kier molecular flexibility index (Phi) is 3.64. The fraction of sp³-hybridized carbons (Fsp3) is 0.571. The number of hydrogen-bond acceptors (Lipinski definition) is 3. The molecule has 0 amide bonds. The molecular weight excluding hydrogens is 355 g/mol. The van der Waals surface area contributed by atoms with Gasteiger partial charge in [-0.1, -0.05) is 0 Å². The van der Waals surface area contributed by atoms with Crippen molar-refractivity contribution in [1.82, 2.24) is 0 Å². The zero-order valence-corrected chi connectivity index (χ0v) is 12.8. The van der Waals surface area contributed by atoms with E-state index in [4.69, 9.17) is 0 Å². The van der Waals surface area contributed by atoms with E-state index >= 15 is 0 Å². The zero-order valence-electron chi connectivity index (χ0n) is 10.6. The van der Waals surface area contributed by atoms with Crippen molar-refractivity contribution in [3.63, 3.8) is 0 Å². The van der Waals surface area contributed by atoms with Crippen molar-refractivity contribution in [2.45, 2.75) is 25.7 Å². The summed E-state index contributed by atoms with van der Waals surface area (Å²) in [5, 5.41) is 14.4. The molecule has 2 fully saturated rings. The third-order valence-corrected chi connectivity index (χ3v) is 4.81. The van der Waals surface area contributed by atoms with Crippen molar-refractivity contribution in [3.8, 4) is 0 Å². The first kappa shape index (κ1) is 13.1. The van der Waals surface area contributed by atoms with Crippen LogP contribution in [-0.4, -0.2) is 11.5 Å². The predicted molar refractivity (Wildman–Crippen MR) is 83.2 cm³/mol. The Morgan fingerprint density at radius 1 is 1.32 bits per heavy atom. The minimum atomic E-state index is -0.298. The highest BCUT2D eigenvalue weighted by atomic mass is 127. The van der Waals surface area contributed by atoms with E-state index in [1.165, 1.54) is 25.7 Å². The molecule has 3 rings (SSSR count). The first-order valence-electron chi connectivity index (χ1n) is 6.83. The molecule has 0 spiro atoms. The van der Waals surface area contributed by atoms with Crippen LogP contribution in [0.4, 0.5) is 11.4 Å². The number of nitrogens with zero attached hydrogens (tertiary/aromatic N) is 1. The van der Waals surface area contributed by atoms with Gasteiger partial charge in [0.05, 0.1) is 4.92 Å². The van der Waals surface area contributed by atoms with Gasteiger partial charge < -0.3 is 5.32 Å². The Bertz CT molecular complexity index is 486. The maximum atomic E-state index is 11.1. The van der Waals surface area contributed by atoms with Gasteiger partial charge in [-0.3, -0.25) is 10.1 Å². The lowest BCUT2D eigenvalue weighted by Gasteiger charge is -2.17. The molecule has 0 aromatic heterocycles. The summed E-state index contributed by atoms with van der Waals surface area (Å²) in [6.45, 7) is 0.886. The van der Waals surface area contributed by atoms with Gasteiger partial charge in [0.2, 0.25) is 0 Å². The normalized spacial score (nSPS) is 18.6. The van der Waals surface area contributed by atoms with Crippen molar-refractivity contribution in [2.24, 2.45) is 17.8 Å². The summed E-state index contributed by atoms with van der Waals surface area (Å²) >= 11 is 2.11. The third kappa shape index (κ3) is 3.19. The minimum Gasteiger partial charge on any atom is -0.379 e. The molecule has 0 radical (unpaired) electrons. The molecule has 2 aliphatic carbocycles. The van der Waals surface area contributed by atoms with Crippen LogP contribution in [0, 0.1) is 31.4 Å². The van der Waals surface area contributed by atoms with E-state index in [2.05, 4.69) is 27.9 Å². The van der Waals surface area contributed by atoms with Gasteiger partial charge in [0.25, 0.3) is 5.69 Å². The maximum Gasteiger partial charge on any atom is 0.293 e. The van der Waals surface area contributed by atoms with Crippen LogP contribution in [0.5, 0.6) is 0 Å². The molecule has 0 aliphatic heterocycles. The predicted octanol–water partition coefficient (Wildman–Crippen LogP) is 4.05. The van der Waals surface area contributed by atoms with Crippen molar-refractivity contribution in [2.75, 3.05) is 11.9 Å². The van der Waals surface area contributed by atoms with E-state index in [9.17, 15) is 10.1 Å². The van der Waals surface area contributed by atoms with E-state index in [1.807, 2.05) is 12.1 Å². The average molecular weight is 372 g/mol. The number of nitro groups is 1. The topological polar surface area (TPSA) is 55.2 Å². The van der Waals surface area contributed by atoms with Crippen LogP contribution >= 0.6 is 22.6 Å². The largest absolute Gasteiger partial charge is 0.379 e. The second kappa shape index (κ2) is 5.26. The van der Waals surface area contributed by atoms with E-state index in [0.29, 0.717) is 5.69 Å². The fourth-order valence-corrected chi connectivity index (χ4v) is 3.27. The van der Waals surface area contributed by atoms with Crippen LogP contribution in [0.15, 0.2) is 18.2 Å². The van der Waals surface area contributed by atoms with Crippen LogP contribution in [0.1, 0.15) is 25.7 Å². The molecule has 2 saturated carbocycles. The number of benzene rings is 1. The number of nitrogens with one attached hydrogen (secondary N) is 1. The Hall–Kier alpha value is -0.850. The Balaban J connectivity index is 1.70. The van der Waals surface area contributed by atoms with Gasteiger partial charge in [-0.25, -0.2) is 0 Å². The summed E-state index contributed by atoms with van der Waals surface area (Å²) in [6.07, 6.45) is 5.38. The second-order valence-corrected chi connectivity index (χ2v) is 6.88. The first-order chi connectivity index (χ1) is 9.15. The lowest BCUT2D eigenvalue weighted by Crippen LogP contribution is -2.18. The zero-order chi connectivity index (χ0) is 13.4. The van der Waals surface area contributed by atoms with E-state index in [0.717, 1.165) is 27.9 Å². The standard InChI is InChI=1S/C14H17IN2O2/c15-11-5-6-13(14(7-11)17(18)19)16-8-12(9-1-2-9)10-3-4-10/h5-7,9-10,12,16H,1-4,8H2. The summed E-state index contributed by atoms with van der Waals surface area (Å²) in [5.41, 5.74) is 0.856. The number of hydrogen-bond donors (Lipinski definition) is 1. The van der Waals surface area contributed by atoms with E-state index in [-0.39, 0.29) is 10.6 Å². The highest BCUT2D eigenvalue weighted by molar-refractivity contribution is 14.1. The molecule has 5 heteroatoms. The summed E-state index contributed by atoms with van der Waals surface area (Å²) in [7, 11) is 0. The van der Waals surface area contributed by atoms with Crippen molar-refractivity contribution < 1.29 is 4.92 Å². The van der Waals surface area contributed by atoms with Gasteiger partial charge in [-0.2, -0.15) is 0 Å². The first-order valence-corrected chi connectivity index (χ1v) is 7.91. The number of halogens is 1. The number of nitro benzene ring substituents is 1. The summed E-state index contributed by atoms with van der Waals surface area (Å²) in [4.78, 5) is 10.8. The summed E-state index contributed by atoms with van der Waals surface area (Å²) in [5.74, 6) is 2.45.